The number of benzene rings is 2. The fourth-order valence-corrected chi connectivity index (χ4v) is 2.71. The van der Waals surface area contributed by atoms with Gasteiger partial charge in [0.1, 0.15) is 0 Å². The van der Waals surface area contributed by atoms with Crippen molar-refractivity contribution in [1.82, 2.24) is 14.5 Å². The van der Waals surface area contributed by atoms with Crippen LogP contribution in [0.25, 0.3) is 27.6 Å². The monoisotopic (exact) mass is 294 g/mol. The van der Waals surface area contributed by atoms with Crippen molar-refractivity contribution in [2.45, 2.75) is 0 Å². The van der Waals surface area contributed by atoms with Gasteiger partial charge in [0, 0.05) is 22.3 Å². The SMILES string of the molecule is Nc1nc2cc(Cl)ccc2n1-c1ccc2ncccc2c1. The molecule has 21 heavy (non-hydrogen) atoms. The van der Waals surface area contributed by atoms with Gasteiger partial charge in [-0.3, -0.25) is 9.55 Å². The minimum atomic E-state index is 0.440. The van der Waals surface area contributed by atoms with Crippen LogP contribution in [0.5, 0.6) is 0 Å². The molecule has 0 aliphatic heterocycles. The Morgan fingerprint density at radius 3 is 2.81 bits per heavy atom. The molecule has 2 heterocycles. The summed E-state index contributed by atoms with van der Waals surface area (Å²) in [6.45, 7) is 0. The fourth-order valence-electron chi connectivity index (χ4n) is 2.55. The molecule has 0 radical (unpaired) electrons. The fraction of sp³-hybridized carbons (Fsp3) is 0. The van der Waals surface area contributed by atoms with E-state index in [9.17, 15) is 0 Å². The van der Waals surface area contributed by atoms with Crippen molar-refractivity contribution in [3.63, 3.8) is 0 Å². The largest absolute Gasteiger partial charge is 0.369 e. The summed E-state index contributed by atoms with van der Waals surface area (Å²) in [6, 6.07) is 15.5. The van der Waals surface area contributed by atoms with Gasteiger partial charge in [-0.25, -0.2) is 4.98 Å². The molecule has 2 aromatic carbocycles. The molecule has 0 saturated carbocycles. The minimum Gasteiger partial charge on any atom is -0.369 e. The molecule has 4 nitrogen and oxygen atoms in total. The number of rotatable bonds is 1. The van der Waals surface area contributed by atoms with Crippen molar-refractivity contribution in [3.8, 4) is 5.69 Å². The molecular formula is C16H11ClN4. The normalized spacial score (nSPS) is 11.3. The number of nitrogen functional groups attached to an aromatic ring is 1. The first-order valence-electron chi connectivity index (χ1n) is 6.51. The lowest BCUT2D eigenvalue weighted by Crippen LogP contribution is -2.00. The number of fused-ring (bicyclic) bond motifs is 2. The molecule has 0 saturated heterocycles. The maximum atomic E-state index is 6.07. The van der Waals surface area contributed by atoms with E-state index in [0.717, 1.165) is 27.6 Å². The first-order valence-corrected chi connectivity index (χ1v) is 6.89. The van der Waals surface area contributed by atoms with E-state index < -0.39 is 0 Å². The lowest BCUT2D eigenvalue weighted by molar-refractivity contribution is 1.11. The second-order valence-corrected chi connectivity index (χ2v) is 5.26. The van der Waals surface area contributed by atoms with Gasteiger partial charge in [-0.1, -0.05) is 17.7 Å². The van der Waals surface area contributed by atoms with Gasteiger partial charge in [0.25, 0.3) is 0 Å². The molecule has 0 fully saturated rings. The molecule has 2 N–H and O–H groups in total. The van der Waals surface area contributed by atoms with Crippen molar-refractivity contribution in [3.05, 3.63) is 59.8 Å². The number of hydrogen-bond acceptors (Lipinski definition) is 3. The van der Waals surface area contributed by atoms with Crippen LogP contribution in [-0.2, 0) is 0 Å². The Morgan fingerprint density at radius 2 is 1.90 bits per heavy atom. The van der Waals surface area contributed by atoms with E-state index in [1.807, 2.05) is 47.0 Å². The molecule has 5 heteroatoms. The third-order valence-electron chi connectivity index (χ3n) is 3.49. The Labute approximate surface area is 125 Å². The zero-order valence-corrected chi connectivity index (χ0v) is 11.7. The Kier molecular flexibility index (Phi) is 2.59. The summed E-state index contributed by atoms with van der Waals surface area (Å²) in [4.78, 5) is 8.70. The summed E-state index contributed by atoms with van der Waals surface area (Å²) in [6.07, 6.45) is 1.78. The first kappa shape index (κ1) is 12.2. The van der Waals surface area contributed by atoms with Crippen molar-refractivity contribution in [2.24, 2.45) is 0 Å². The smallest absolute Gasteiger partial charge is 0.205 e. The average Bonchev–Trinajstić information content (AvgIpc) is 2.81. The summed E-state index contributed by atoms with van der Waals surface area (Å²) < 4.78 is 1.91. The standard InChI is InChI=1S/C16H11ClN4/c17-11-3-6-15-14(9-11)20-16(18)21(15)12-4-5-13-10(8-12)2-1-7-19-13/h1-9H,(H2,18,20). The predicted octanol–water partition coefficient (Wildman–Crippen LogP) is 3.81. The molecule has 0 bridgehead atoms. The predicted molar refractivity (Wildman–Crippen MR) is 85.8 cm³/mol. The van der Waals surface area contributed by atoms with E-state index in [1.165, 1.54) is 0 Å². The van der Waals surface area contributed by atoms with Crippen molar-refractivity contribution in [1.29, 1.82) is 0 Å². The van der Waals surface area contributed by atoms with Crippen LogP contribution in [0.4, 0.5) is 5.95 Å². The second kappa shape index (κ2) is 4.46. The van der Waals surface area contributed by atoms with E-state index >= 15 is 0 Å². The maximum absolute atomic E-state index is 6.07. The number of aromatic nitrogens is 3. The van der Waals surface area contributed by atoms with E-state index in [0.29, 0.717) is 11.0 Å². The van der Waals surface area contributed by atoms with Gasteiger partial charge >= 0.3 is 0 Å². The average molecular weight is 295 g/mol. The number of halogens is 1. The maximum Gasteiger partial charge on any atom is 0.205 e. The number of nitrogens with zero attached hydrogens (tertiary/aromatic N) is 3. The van der Waals surface area contributed by atoms with Crippen LogP contribution in [0.3, 0.4) is 0 Å². The first-order chi connectivity index (χ1) is 10.2. The molecule has 2 aromatic heterocycles. The van der Waals surface area contributed by atoms with Gasteiger partial charge in [0.05, 0.1) is 16.6 Å². The lowest BCUT2D eigenvalue weighted by Gasteiger charge is -2.07. The Hall–Kier alpha value is -2.59. The van der Waals surface area contributed by atoms with Gasteiger partial charge in [-0.2, -0.15) is 0 Å². The molecule has 0 unspecified atom stereocenters. The number of pyridine rings is 1. The molecule has 0 amide bonds. The minimum absolute atomic E-state index is 0.440. The molecule has 4 aromatic rings. The number of nitrogens with two attached hydrogens (primary N) is 1. The lowest BCUT2D eigenvalue weighted by atomic mass is 10.2. The van der Waals surface area contributed by atoms with Crippen LogP contribution in [0.1, 0.15) is 0 Å². The number of anilines is 1. The summed E-state index contributed by atoms with van der Waals surface area (Å²) in [5.41, 5.74) is 9.69. The van der Waals surface area contributed by atoms with Crippen LogP contribution < -0.4 is 5.73 Å². The molecule has 0 aliphatic carbocycles. The van der Waals surface area contributed by atoms with E-state index in [-0.39, 0.29) is 0 Å². The van der Waals surface area contributed by atoms with Crippen LogP contribution in [0.2, 0.25) is 5.02 Å². The van der Waals surface area contributed by atoms with Gasteiger partial charge in [0.2, 0.25) is 5.95 Å². The molecular weight excluding hydrogens is 284 g/mol. The highest BCUT2D eigenvalue weighted by Gasteiger charge is 2.10. The van der Waals surface area contributed by atoms with Crippen LogP contribution in [-0.4, -0.2) is 14.5 Å². The Bertz CT molecular complexity index is 975. The van der Waals surface area contributed by atoms with Crippen molar-refractivity contribution in [2.75, 3.05) is 5.73 Å². The van der Waals surface area contributed by atoms with Crippen LogP contribution in [0.15, 0.2) is 54.7 Å². The Morgan fingerprint density at radius 1 is 1.00 bits per heavy atom. The quantitative estimate of drug-likeness (QED) is 0.581. The van der Waals surface area contributed by atoms with Crippen molar-refractivity contribution < 1.29 is 0 Å². The number of imidazole rings is 1. The summed E-state index contributed by atoms with van der Waals surface area (Å²) in [5.74, 6) is 0.440. The zero-order valence-electron chi connectivity index (χ0n) is 11.0. The van der Waals surface area contributed by atoms with E-state index in [2.05, 4.69) is 16.0 Å². The highest BCUT2D eigenvalue weighted by atomic mass is 35.5. The molecule has 0 atom stereocenters. The second-order valence-electron chi connectivity index (χ2n) is 4.82. The molecule has 0 spiro atoms. The highest BCUT2D eigenvalue weighted by molar-refractivity contribution is 6.31. The van der Waals surface area contributed by atoms with Crippen molar-refractivity contribution >= 4 is 39.5 Å². The topological polar surface area (TPSA) is 56.7 Å². The molecule has 4 rings (SSSR count). The number of hydrogen-bond donors (Lipinski definition) is 1. The third kappa shape index (κ3) is 1.92. The van der Waals surface area contributed by atoms with Gasteiger partial charge in [-0.05, 0) is 42.5 Å². The van der Waals surface area contributed by atoms with Gasteiger partial charge in [-0.15, -0.1) is 0 Å². The highest BCUT2D eigenvalue weighted by Crippen LogP contribution is 2.26. The zero-order chi connectivity index (χ0) is 14.4. The van der Waals surface area contributed by atoms with Gasteiger partial charge < -0.3 is 5.73 Å². The summed E-state index contributed by atoms with van der Waals surface area (Å²) in [5, 5.41) is 1.71. The van der Waals surface area contributed by atoms with Gasteiger partial charge in [0.15, 0.2) is 0 Å². The summed E-state index contributed by atoms with van der Waals surface area (Å²) >= 11 is 6.01. The van der Waals surface area contributed by atoms with Crippen LogP contribution >= 0.6 is 11.6 Å². The van der Waals surface area contributed by atoms with Crippen LogP contribution in [0, 0.1) is 0 Å². The Balaban J connectivity index is 2.01. The molecule has 102 valence electrons. The third-order valence-corrected chi connectivity index (χ3v) is 3.72. The van der Waals surface area contributed by atoms with E-state index in [1.54, 1.807) is 6.20 Å². The summed E-state index contributed by atoms with van der Waals surface area (Å²) in [7, 11) is 0. The van der Waals surface area contributed by atoms with E-state index in [4.69, 9.17) is 17.3 Å². The molecule has 0 aliphatic rings.